The summed E-state index contributed by atoms with van der Waals surface area (Å²) in [7, 11) is 0. The van der Waals surface area contributed by atoms with Crippen LogP contribution >= 0.6 is 0 Å². The third kappa shape index (κ3) is 3.37. The minimum absolute atomic E-state index is 0.0483. The first kappa shape index (κ1) is 17.1. The standard InChI is InChI=1S/C20H30O2/c1-7-14(5)20(21)22-19-11-17(12(2)3)18-10-13(4)8-9-16(18)15(19)6/h7,10,12,17-19H,8-9,11H2,1-6H3/b14-7+/t17-,18+,19+/m0/s1. The maximum Gasteiger partial charge on any atom is 0.333 e. The zero-order valence-corrected chi connectivity index (χ0v) is 14.9. The van der Waals surface area contributed by atoms with E-state index in [1.54, 1.807) is 0 Å². The summed E-state index contributed by atoms with van der Waals surface area (Å²) in [5.74, 6) is 1.54. The number of hydrogen-bond donors (Lipinski definition) is 0. The van der Waals surface area contributed by atoms with Gasteiger partial charge in [-0.1, -0.05) is 37.1 Å². The number of fused-ring (bicyclic) bond motifs is 1. The van der Waals surface area contributed by atoms with Crippen LogP contribution < -0.4 is 0 Å². The molecule has 0 saturated heterocycles. The summed E-state index contributed by atoms with van der Waals surface area (Å²) in [6, 6.07) is 0. The molecule has 0 heterocycles. The Labute approximate surface area is 135 Å². The fraction of sp³-hybridized carbons (Fsp3) is 0.650. The number of rotatable bonds is 3. The topological polar surface area (TPSA) is 26.3 Å². The number of hydrogen-bond acceptors (Lipinski definition) is 2. The van der Waals surface area contributed by atoms with Crippen LogP contribution in [0.2, 0.25) is 0 Å². The van der Waals surface area contributed by atoms with Gasteiger partial charge in [0, 0.05) is 11.5 Å². The number of carbonyl (C=O) groups is 1. The first-order valence-electron chi connectivity index (χ1n) is 8.55. The van der Waals surface area contributed by atoms with Crippen LogP contribution in [-0.4, -0.2) is 12.1 Å². The van der Waals surface area contributed by atoms with E-state index < -0.39 is 0 Å². The average molecular weight is 302 g/mol. The third-order valence-corrected chi connectivity index (χ3v) is 5.45. The molecule has 0 spiro atoms. The maximum atomic E-state index is 12.2. The highest BCUT2D eigenvalue weighted by atomic mass is 16.5. The quantitative estimate of drug-likeness (QED) is 0.406. The molecular weight excluding hydrogens is 272 g/mol. The van der Waals surface area contributed by atoms with Gasteiger partial charge in [0.25, 0.3) is 0 Å². The molecule has 0 aromatic rings. The molecule has 0 saturated carbocycles. The zero-order chi connectivity index (χ0) is 16.4. The maximum absolute atomic E-state index is 12.2. The van der Waals surface area contributed by atoms with Gasteiger partial charge in [-0.3, -0.25) is 0 Å². The predicted molar refractivity (Wildman–Crippen MR) is 91.4 cm³/mol. The van der Waals surface area contributed by atoms with Gasteiger partial charge in [0.1, 0.15) is 6.10 Å². The molecule has 0 aliphatic heterocycles. The van der Waals surface area contributed by atoms with Crippen LogP contribution in [0.3, 0.4) is 0 Å². The SMILES string of the molecule is C/C=C(\C)C(=O)O[C@@H]1C[C@@H](C(C)C)[C@@H]2C=C(C)CCC2=C1C. The molecule has 0 fully saturated rings. The number of esters is 1. The van der Waals surface area contributed by atoms with Gasteiger partial charge < -0.3 is 4.74 Å². The lowest BCUT2D eigenvalue weighted by Gasteiger charge is -2.41. The normalized spacial score (nSPS) is 29.3. The van der Waals surface area contributed by atoms with Crippen LogP contribution in [0.25, 0.3) is 0 Å². The number of ether oxygens (including phenoxy) is 1. The van der Waals surface area contributed by atoms with E-state index in [2.05, 4.69) is 33.8 Å². The average Bonchev–Trinajstić information content (AvgIpc) is 2.48. The Balaban J connectivity index is 2.31. The molecule has 0 aromatic carbocycles. The largest absolute Gasteiger partial charge is 0.454 e. The molecule has 2 aliphatic rings. The van der Waals surface area contributed by atoms with E-state index in [0.717, 1.165) is 19.3 Å². The Bertz CT molecular complexity index is 534. The molecule has 2 rings (SSSR count). The Hall–Kier alpha value is -1.31. The highest BCUT2D eigenvalue weighted by Gasteiger charge is 2.38. The molecule has 122 valence electrons. The van der Waals surface area contributed by atoms with Crippen molar-refractivity contribution in [2.75, 3.05) is 0 Å². The molecule has 22 heavy (non-hydrogen) atoms. The highest BCUT2D eigenvalue weighted by molar-refractivity contribution is 5.87. The molecule has 2 nitrogen and oxygen atoms in total. The molecule has 3 atom stereocenters. The lowest BCUT2D eigenvalue weighted by Crippen LogP contribution is -2.36. The Morgan fingerprint density at radius 1 is 1.32 bits per heavy atom. The van der Waals surface area contributed by atoms with Gasteiger partial charge in [-0.05, 0) is 64.4 Å². The van der Waals surface area contributed by atoms with Crippen LogP contribution in [-0.2, 0) is 9.53 Å². The van der Waals surface area contributed by atoms with Crippen molar-refractivity contribution in [3.05, 3.63) is 34.4 Å². The van der Waals surface area contributed by atoms with Crippen molar-refractivity contribution in [1.82, 2.24) is 0 Å². The fourth-order valence-corrected chi connectivity index (χ4v) is 3.77. The second-order valence-corrected chi connectivity index (χ2v) is 7.26. The Kier molecular flexibility index (Phi) is 5.31. The molecule has 0 amide bonds. The number of carbonyl (C=O) groups excluding carboxylic acids is 1. The highest BCUT2D eigenvalue weighted by Crippen LogP contribution is 2.45. The summed E-state index contributed by atoms with van der Waals surface area (Å²) in [6.07, 6.45) is 7.45. The fourth-order valence-electron chi connectivity index (χ4n) is 3.77. The first-order valence-corrected chi connectivity index (χ1v) is 8.55. The van der Waals surface area contributed by atoms with Gasteiger partial charge in [0.2, 0.25) is 0 Å². The summed E-state index contributed by atoms with van der Waals surface area (Å²) in [4.78, 5) is 12.2. The molecule has 0 bridgehead atoms. The van der Waals surface area contributed by atoms with E-state index >= 15 is 0 Å². The Morgan fingerprint density at radius 3 is 2.59 bits per heavy atom. The summed E-state index contributed by atoms with van der Waals surface area (Å²) in [6.45, 7) is 12.7. The molecule has 0 radical (unpaired) electrons. The smallest absolute Gasteiger partial charge is 0.333 e. The molecule has 2 aliphatic carbocycles. The minimum Gasteiger partial charge on any atom is -0.454 e. The van der Waals surface area contributed by atoms with Gasteiger partial charge in [-0.25, -0.2) is 4.79 Å². The van der Waals surface area contributed by atoms with Crippen molar-refractivity contribution in [3.8, 4) is 0 Å². The van der Waals surface area contributed by atoms with E-state index in [1.165, 1.54) is 16.7 Å². The van der Waals surface area contributed by atoms with Crippen molar-refractivity contribution < 1.29 is 9.53 Å². The van der Waals surface area contributed by atoms with Gasteiger partial charge in [-0.15, -0.1) is 0 Å². The van der Waals surface area contributed by atoms with Crippen molar-refractivity contribution in [3.63, 3.8) is 0 Å². The summed E-state index contributed by atoms with van der Waals surface area (Å²) >= 11 is 0. The van der Waals surface area contributed by atoms with E-state index in [4.69, 9.17) is 4.74 Å². The van der Waals surface area contributed by atoms with E-state index in [-0.39, 0.29) is 12.1 Å². The van der Waals surface area contributed by atoms with Gasteiger partial charge in [0.15, 0.2) is 0 Å². The van der Waals surface area contributed by atoms with Crippen molar-refractivity contribution in [1.29, 1.82) is 0 Å². The monoisotopic (exact) mass is 302 g/mol. The lowest BCUT2D eigenvalue weighted by atomic mass is 9.66. The zero-order valence-electron chi connectivity index (χ0n) is 14.9. The van der Waals surface area contributed by atoms with E-state index in [1.807, 2.05) is 19.9 Å². The van der Waals surface area contributed by atoms with E-state index in [0.29, 0.717) is 23.3 Å². The molecule has 0 unspecified atom stereocenters. The predicted octanol–water partition coefficient (Wildman–Crippen LogP) is 5.21. The first-order chi connectivity index (χ1) is 10.3. The third-order valence-electron chi connectivity index (χ3n) is 5.45. The molecule has 2 heteroatoms. The van der Waals surface area contributed by atoms with Crippen molar-refractivity contribution >= 4 is 5.97 Å². The van der Waals surface area contributed by atoms with Gasteiger partial charge in [-0.2, -0.15) is 0 Å². The second-order valence-electron chi connectivity index (χ2n) is 7.26. The van der Waals surface area contributed by atoms with Crippen molar-refractivity contribution in [2.45, 2.75) is 66.9 Å². The van der Waals surface area contributed by atoms with Crippen LogP contribution in [0, 0.1) is 17.8 Å². The van der Waals surface area contributed by atoms with Crippen molar-refractivity contribution in [2.24, 2.45) is 17.8 Å². The number of allylic oxidation sites excluding steroid dienone is 4. The Morgan fingerprint density at radius 2 is 2.00 bits per heavy atom. The van der Waals surface area contributed by atoms with E-state index in [9.17, 15) is 4.79 Å². The van der Waals surface area contributed by atoms with Crippen LogP contribution in [0.4, 0.5) is 0 Å². The van der Waals surface area contributed by atoms with Crippen LogP contribution in [0.15, 0.2) is 34.4 Å². The van der Waals surface area contributed by atoms with Crippen LogP contribution in [0.1, 0.15) is 60.8 Å². The van der Waals surface area contributed by atoms with Gasteiger partial charge >= 0.3 is 5.97 Å². The summed E-state index contributed by atoms with van der Waals surface area (Å²) < 4.78 is 5.83. The van der Waals surface area contributed by atoms with Gasteiger partial charge in [0.05, 0.1) is 0 Å². The van der Waals surface area contributed by atoms with Crippen LogP contribution in [0.5, 0.6) is 0 Å². The lowest BCUT2D eigenvalue weighted by molar-refractivity contribution is -0.144. The molecule has 0 aromatic heterocycles. The second kappa shape index (κ2) is 6.85. The summed E-state index contributed by atoms with van der Waals surface area (Å²) in [5, 5.41) is 0. The molecule has 0 N–H and O–H groups in total. The molecular formula is C20H30O2. The minimum atomic E-state index is -0.170. The summed E-state index contributed by atoms with van der Waals surface area (Å²) in [5.41, 5.74) is 5.02.